The number of ether oxygens (including phenoxy) is 1. The number of amides is 1. The van der Waals surface area contributed by atoms with E-state index in [4.69, 9.17) is 28.4 Å². The molecule has 31 heavy (non-hydrogen) atoms. The molecule has 0 aromatic rings. The molecule has 2 fully saturated rings. The standard InChI is InChI=1S/C23H42N4O3S/c1-6-30-21(29)26-18(22(4,5)15(2)3)20(31)27-13-16(25)12-17(27)19(28)23(14-24)10-8-7-9-11-23/h15-18H,6-14,24-25H2,1-5H3,(H,26,29)/t16-,17+,18+/m0/s1. The number of nitrogens with two attached hydrogens (primary N) is 2. The molecule has 7 nitrogen and oxygen atoms in total. The van der Waals surface area contributed by atoms with Crippen molar-refractivity contribution in [2.75, 3.05) is 19.7 Å². The third kappa shape index (κ3) is 5.57. The predicted octanol–water partition coefficient (Wildman–Crippen LogP) is 2.99. The summed E-state index contributed by atoms with van der Waals surface area (Å²) >= 11 is 5.95. The minimum absolute atomic E-state index is 0.143. The molecule has 1 heterocycles. The van der Waals surface area contributed by atoms with Gasteiger partial charge in [0.2, 0.25) is 0 Å². The topological polar surface area (TPSA) is 111 Å². The van der Waals surface area contributed by atoms with Gasteiger partial charge >= 0.3 is 6.09 Å². The third-order valence-corrected chi connectivity index (χ3v) is 8.13. The summed E-state index contributed by atoms with van der Waals surface area (Å²) in [6.45, 7) is 11.3. The highest BCUT2D eigenvalue weighted by Crippen LogP contribution is 2.40. The minimum Gasteiger partial charge on any atom is -0.450 e. The molecule has 0 aromatic carbocycles. The van der Waals surface area contributed by atoms with Gasteiger partial charge in [0.25, 0.3) is 0 Å². The predicted molar refractivity (Wildman–Crippen MR) is 128 cm³/mol. The Labute approximate surface area is 193 Å². The van der Waals surface area contributed by atoms with E-state index in [1.807, 2.05) is 4.90 Å². The first-order chi connectivity index (χ1) is 14.5. The molecule has 178 valence electrons. The number of nitrogens with zero attached hydrogens (tertiary/aromatic N) is 1. The summed E-state index contributed by atoms with van der Waals surface area (Å²) in [4.78, 5) is 28.7. The Morgan fingerprint density at radius 2 is 1.87 bits per heavy atom. The molecule has 1 amide bonds. The molecule has 1 saturated heterocycles. The summed E-state index contributed by atoms with van der Waals surface area (Å²) in [6.07, 6.45) is 4.93. The number of hydrogen-bond donors (Lipinski definition) is 3. The van der Waals surface area contributed by atoms with Crippen molar-refractivity contribution in [1.82, 2.24) is 10.2 Å². The number of ketones is 1. The van der Waals surface area contributed by atoms with Crippen molar-refractivity contribution in [3.63, 3.8) is 0 Å². The highest BCUT2D eigenvalue weighted by atomic mass is 32.1. The van der Waals surface area contributed by atoms with E-state index in [0.717, 1.165) is 32.1 Å². The van der Waals surface area contributed by atoms with E-state index < -0.39 is 23.6 Å². The molecular weight excluding hydrogens is 412 g/mol. The molecule has 5 N–H and O–H groups in total. The fourth-order valence-corrected chi connectivity index (χ4v) is 5.41. The monoisotopic (exact) mass is 454 g/mol. The number of likely N-dealkylation sites (tertiary alicyclic amines) is 1. The lowest BCUT2D eigenvalue weighted by atomic mass is 9.69. The van der Waals surface area contributed by atoms with Gasteiger partial charge in [-0.25, -0.2) is 4.79 Å². The molecule has 2 aliphatic rings. The van der Waals surface area contributed by atoms with Crippen LogP contribution in [0.1, 0.15) is 73.1 Å². The zero-order chi connectivity index (χ0) is 23.4. The second-order valence-electron chi connectivity index (χ2n) is 10.2. The van der Waals surface area contributed by atoms with Crippen LogP contribution < -0.4 is 16.8 Å². The van der Waals surface area contributed by atoms with Crippen LogP contribution in [0.5, 0.6) is 0 Å². The maximum atomic E-state index is 13.8. The Morgan fingerprint density at radius 3 is 2.39 bits per heavy atom. The fraction of sp³-hybridized carbons (Fsp3) is 0.870. The lowest BCUT2D eigenvalue weighted by molar-refractivity contribution is -0.133. The number of Topliss-reactive ketones (excluding diaryl/α,β-unsaturated/α-hetero) is 1. The maximum Gasteiger partial charge on any atom is 0.407 e. The Kier molecular flexibility index (Phi) is 8.87. The van der Waals surface area contributed by atoms with Crippen molar-refractivity contribution in [3.05, 3.63) is 0 Å². The lowest BCUT2D eigenvalue weighted by Crippen LogP contribution is -2.59. The van der Waals surface area contributed by atoms with Gasteiger partial charge in [0.1, 0.15) is 4.99 Å². The number of carbonyl (C=O) groups excluding carboxylic acids is 2. The molecule has 0 bridgehead atoms. The van der Waals surface area contributed by atoms with Gasteiger partial charge in [-0.3, -0.25) is 4.79 Å². The second kappa shape index (κ2) is 10.6. The summed E-state index contributed by atoms with van der Waals surface area (Å²) < 4.78 is 5.15. The Balaban J connectivity index is 2.34. The summed E-state index contributed by atoms with van der Waals surface area (Å²) in [5, 5.41) is 2.97. The van der Waals surface area contributed by atoms with Crippen molar-refractivity contribution < 1.29 is 14.3 Å². The first-order valence-corrected chi connectivity index (χ1v) is 12.1. The van der Waals surface area contributed by atoms with Crippen molar-refractivity contribution in [2.45, 2.75) is 91.3 Å². The highest BCUT2D eigenvalue weighted by Gasteiger charge is 2.49. The van der Waals surface area contributed by atoms with Gasteiger partial charge in [-0.2, -0.15) is 0 Å². The van der Waals surface area contributed by atoms with Crippen molar-refractivity contribution in [3.8, 4) is 0 Å². The van der Waals surface area contributed by atoms with Crippen LogP contribution in [-0.2, 0) is 9.53 Å². The molecule has 0 radical (unpaired) electrons. The molecule has 0 spiro atoms. The van der Waals surface area contributed by atoms with Crippen LogP contribution in [0.15, 0.2) is 0 Å². The lowest BCUT2D eigenvalue weighted by Gasteiger charge is -2.43. The average Bonchev–Trinajstić information content (AvgIpc) is 3.13. The van der Waals surface area contributed by atoms with E-state index >= 15 is 0 Å². The number of thiocarbonyl (C=S) groups is 1. The van der Waals surface area contributed by atoms with Crippen LogP contribution in [-0.4, -0.2) is 59.6 Å². The first-order valence-electron chi connectivity index (χ1n) is 11.7. The number of carbonyl (C=O) groups is 2. The molecule has 2 rings (SSSR count). The quantitative estimate of drug-likeness (QED) is 0.484. The van der Waals surface area contributed by atoms with E-state index in [0.29, 0.717) is 24.5 Å². The van der Waals surface area contributed by atoms with E-state index in [1.165, 1.54) is 0 Å². The van der Waals surface area contributed by atoms with Crippen LogP contribution in [0, 0.1) is 16.7 Å². The van der Waals surface area contributed by atoms with Crippen LogP contribution >= 0.6 is 12.2 Å². The molecule has 0 unspecified atom stereocenters. The van der Waals surface area contributed by atoms with Crippen molar-refractivity contribution >= 4 is 29.1 Å². The Hall–Kier alpha value is -1.25. The molecule has 1 aliphatic heterocycles. The van der Waals surface area contributed by atoms with E-state index in [9.17, 15) is 9.59 Å². The van der Waals surface area contributed by atoms with Crippen LogP contribution in [0.4, 0.5) is 4.79 Å². The molecule has 8 heteroatoms. The average molecular weight is 455 g/mol. The Morgan fingerprint density at radius 1 is 1.26 bits per heavy atom. The van der Waals surface area contributed by atoms with Crippen LogP contribution in [0.3, 0.4) is 0 Å². The van der Waals surface area contributed by atoms with E-state index in [1.54, 1.807) is 6.92 Å². The van der Waals surface area contributed by atoms with Gasteiger partial charge < -0.3 is 26.4 Å². The zero-order valence-corrected chi connectivity index (χ0v) is 20.7. The third-order valence-electron chi connectivity index (χ3n) is 7.66. The summed E-state index contributed by atoms with van der Waals surface area (Å²) in [5.41, 5.74) is 11.6. The largest absolute Gasteiger partial charge is 0.450 e. The minimum atomic E-state index is -0.499. The summed E-state index contributed by atoms with van der Waals surface area (Å²) in [6, 6.07) is -0.989. The van der Waals surface area contributed by atoms with Gasteiger partial charge in [0.05, 0.1) is 18.7 Å². The van der Waals surface area contributed by atoms with Gasteiger partial charge in [0, 0.05) is 24.5 Å². The Bertz CT molecular complexity index is 661. The SMILES string of the molecule is CCOC(=O)N[C@H](C(=S)N1C[C@@H](N)C[C@@H]1C(=O)C1(CN)CCCCC1)C(C)(C)C(C)C. The maximum absolute atomic E-state index is 13.8. The second-order valence-corrected chi connectivity index (χ2v) is 10.6. The van der Waals surface area contributed by atoms with E-state index in [2.05, 4.69) is 33.0 Å². The van der Waals surface area contributed by atoms with Gasteiger partial charge in [-0.05, 0) is 37.5 Å². The molecule has 1 saturated carbocycles. The molecule has 0 aromatic heterocycles. The number of alkyl carbamates (subject to hydrolysis) is 1. The molecular formula is C23H42N4O3S. The van der Waals surface area contributed by atoms with Gasteiger partial charge in [0.15, 0.2) is 5.78 Å². The van der Waals surface area contributed by atoms with Gasteiger partial charge in [-0.1, -0.05) is 59.2 Å². The highest BCUT2D eigenvalue weighted by molar-refractivity contribution is 7.80. The van der Waals surface area contributed by atoms with Crippen LogP contribution in [0.25, 0.3) is 0 Å². The van der Waals surface area contributed by atoms with Gasteiger partial charge in [-0.15, -0.1) is 0 Å². The van der Waals surface area contributed by atoms with Crippen LogP contribution in [0.2, 0.25) is 0 Å². The number of hydrogen-bond acceptors (Lipinski definition) is 6. The zero-order valence-electron chi connectivity index (χ0n) is 19.9. The summed E-state index contributed by atoms with van der Waals surface area (Å²) in [7, 11) is 0. The number of rotatable bonds is 8. The number of nitrogens with one attached hydrogen (secondary N) is 1. The summed E-state index contributed by atoms with van der Waals surface area (Å²) in [5.74, 6) is 0.402. The normalized spacial score (nSPS) is 24.7. The van der Waals surface area contributed by atoms with E-state index in [-0.39, 0.29) is 29.8 Å². The van der Waals surface area contributed by atoms with Crippen molar-refractivity contribution in [2.24, 2.45) is 28.2 Å². The first kappa shape index (κ1) is 26.0. The fourth-order valence-electron chi connectivity index (χ4n) is 4.85. The molecule has 3 atom stereocenters. The molecule has 1 aliphatic carbocycles. The smallest absolute Gasteiger partial charge is 0.407 e. The van der Waals surface area contributed by atoms with Crippen molar-refractivity contribution in [1.29, 1.82) is 0 Å².